The number of hydrogen-bond acceptors (Lipinski definition) is 11. The molecule has 0 amide bonds. The van der Waals surface area contributed by atoms with Crippen LogP contribution in [0.2, 0.25) is 0 Å². The standard InChI is InChI=1S/C50H66O11/c1-6-7-8-9-10-11-12-13-14-15-16-17-18-19-20-21-22-23-24-44(54)59-34-38(61-45(55)26-25-43(53)58-5)35-60-47(56)50(57)30-28-40-39-31-36(2)41-32-37(51)27-29-48(41,3)46(39)42(52)33-49(40,50)4/h7-8,10-11,13-14,16-17,19-20,22-23,25-27,29,32,36,38-40,42,46,52,57H,6,9,12,15,18,21,24,28,30-31,33-35H2,1-5H3/b8-7-,11-10-,14-13+,17-16+,20-19+,23-22+,26-25+/t36-,38?,39-,40-,42-,46+,48-,49-,50-/m0/s1. The molecule has 0 bridgehead atoms. The molecule has 2 N–H and O–H groups in total. The van der Waals surface area contributed by atoms with E-state index >= 15 is 0 Å². The SMILES string of the molecule is CC/C=C\C/C=C\C/C=C/C/C=C/C/C=C/C/C=C/CC(=O)OCC(COC(=O)[C@@]1(O)CC[C@H]2[C@@H]3C[C@H](C)C4=CC(=O)C=C[C@]4(C)[C@H]3[C@@H](O)C[C@@]21C)OC(=O)/C=C/C(=O)OC. The Kier molecular flexibility index (Phi) is 18.7. The summed E-state index contributed by atoms with van der Waals surface area (Å²) in [6, 6.07) is 0. The van der Waals surface area contributed by atoms with E-state index in [4.69, 9.17) is 14.2 Å². The van der Waals surface area contributed by atoms with Gasteiger partial charge in [-0.1, -0.05) is 112 Å². The van der Waals surface area contributed by atoms with Crippen LogP contribution in [0.15, 0.2) is 109 Å². The zero-order valence-electron chi connectivity index (χ0n) is 36.5. The molecule has 4 aliphatic carbocycles. The van der Waals surface area contributed by atoms with Gasteiger partial charge in [0.15, 0.2) is 17.5 Å². The van der Waals surface area contributed by atoms with Gasteiger partial charge in [0, 0.05) is 28.9 Å². The molecule has 1 unspecified atom stereocenters. The molecule has 61 heavy (non-hydrogen) atoms. The van der Waals surface area contributed by atoms with Gasteiger partial charge in [0.05, 0.1) is 19.6 Å². The fourth-order valence-corrected chi connectivity index (χ4v) is 9.85. The van der Waals surface area contributed by atoms with E-state index < -0.39 is 65.7 Å². The second-order valence-electron chi connectivity index (χ2n) is 17.0. The molecule has 0 aliphatic heterocycles. The monoisotopic (exact) mass is 842 g/mol. The topological polar surface area (TPSA) is 163 Å². The second kappa shape index (κ2) is 23.4. The molecule has 0 spiro atoms. The molecule has 3 fully saturated rings. The van der Waals surface area contributed by atoms with Crippen molar-refractivity contribution in [3.05, 3.63) is 109 Å². The summed E-state index contributed by atoms with van der Waals surface area (Å²) in [5, 5.41) is 23.9. The third kappa shape index (κ3) is 12.8. The van der Waals surface area contributed by atoms with Gasteiger partial charge >= 0.3 is 23.9 Å². The maximum atomic E-state index is 13.9. The Morgan fingerprint density at radius 3 is 1.98 bits per heavy atom. The van der Waals surface area contributed by atoms with Crippen LogP contribution in [-0.2, 0) is 42.9 Å². The van der Waals surface area contributed by atoms with Crippen molar-refractivity contribution in [2.24, 2.45) is 34.5 Å². The van der Waals surface area contributed by atoms with Crippen molar-refractivity contribution in [1.82, 2.24) is 0 Å². The first-order valence-electron chi connectivity index (χ1n) is 21.7. The summed E-state index contributed by atoms with van der Waals surface area (Å²) in [5.41, 5.74) is -2.50. The number of ether oxygens (including phenoxy) is 4. The van der Waals surface area contributed by atoms with E-state index in [2.05, 4.69) is 74.1 Å². The summed E-state index contributed by atoms with van der Waals surface area (Å²) in [6.07, 6.45) is 36.2. The van der Waals surface area contributed by atoms with Gasteiger partial charge in [-0.2, -0.15) is 0 Å². The number of ketones is 1. The summed E-state index contributed by atoms with van der Waals surface area (Å²) in [4.78, 5) is 63.0. The zero-order valence-corrected chi connectivity index (χ0v) is 36.5. The molecular formula is C50H66O11. The highest BCUT2D eigenvalue weighted by atomic mass is 16.6. The minimum absolute atomic E-state index is 0.0264. The molecule has 11 nitrogen and oxygen atoms in total. The van der Waals surface area contributed by atoms with E-state index in [0.717, 1.165) is 56.9 Å². The fraction of sp³-hybridized carbons (Fsp3) is 0.540. The Bertz CT molecular complexity index is 1830. The van der Waals surface area contributed by atoms with Crippen LogP contribution >= 0.6 is 0 Å². The molecule has 0 saturated heterocycles. The van der Waals surface area contributed by atoms with Crippen LogP contribution < -0.4 is 0 Å². The van der Waals surface area contributed by atoms with E-state index in [1.807, 2.05) is 31.2 Å². The molecule has 332 valence electrons. The maximum absolute atomic E-state index is 13.9. The normalized spacial score (nSPS) is 30.4. The van der Waals surface area contributed by atoms with E-state index in [9.17, 15) is 34.2 Å². The molecule has 11 heteroatoms. The van der Waals surface area contributed by atoms with Crippen LogP contribution in [0.25, 0.3) is 0 Å². The van der Waals surface area contributed by atoms with Crippen molar-refractivity contribution in [2.45, 2.75) is 116 Å². The first-order valence-corrected chi connectivity index (χ1v) is 21.7. The van der Waals surface area contributed by atoms with E-state index in [-0.39, 0.29) is 48.7 Å². The minimum Gasteiger partial charge on any atom is -0.466 e. The predicted molar refractivity (Wildman–Crippen MR) is 233 cm³/mol. The van der Waals surface area contributed by atoms with Crippen LogP contribution in [0, 0.1) is 34.5 Å². The van der Waals surface area contributed by atoms with Gasteiger partial charge in [-0.3, -0.25) is 9.59 Å². The van der Waals surface area contributed by atoms with Crippen molar-refractivity contribution in [2.75, 3.05) is 20.3 Å². The number of hydrogen-bond donors (Lipinski definition) is 2. The summed E-state index contributed by atoms with van der Waals surface area (Å²) < 4.78 is 20.9. The van der Waals surface area contributed by atoms with Crippen molar-refractivity contribution < 1.29 is 53.1 Å². The summed E-state index contributed by atoms with van der Waals surface area (Å²) in [5.74, 6) is -3.59. The Labute approximate surface area is 361 Å². The lowest BCUT2D eigenvalue weighted by molar-refractivity contribution is -0.201. The molecule has 0 radical (unpaired) electrons. The predicted octanol–water partition coefficient (Wildman–Crippen LogP) is 8.06. The molecule has 3 saturated carbocycles. The molecule has 0 aromatic rings. The van der Waals surface area contributed by atoms with Gasteiger partial charge in [-0.05, 0) is 94.1 Å². The third-order valence-corrected chi connectivity index (χ3v) is 12.9. The lowest BCUT2D eigenvalue weighted by atomic mass is 9.45. The van der Waals surface area contributed by atoms with Crippen molar-refractivity contribution in [1.29, 1.82) is 0 Å². The van der Waals surface area contributed by atoms with E-state index in [1.165, 1.54) is 0 Å². The van der Waals surface area contributed by atoms with Crippen LogP contribution in [0.5, 0.6) is 0 Å². The number of esters is 4. The second-order valence-corrected chi connectivity index (χ2v) is 17.0. The number of allylic oxidation sites excluding steroid dienone is 15. The summed E-state index contributed by atoms with van der Waals surface area (Å²) in [6.45, 7) is 7.11. The van der Waals surface area contributed by atoms with Crippen molar-refractivity contribution >= 4 is 29.7 Å². The molecule has 4 rings (SSSR count). The highest BCUT2D eigenvalue weighted by molar-refractivity contribution is 6.01. The lowest BCUT2D eigenvalue weighted by Gasteiger charge is -2.60. The van der Waals surface area contributed by atoms with Crippen LogP contribution in [0.3, 0.4) is 0 Å². The van der Waals surface area contributed by atoms with Gasteiger partial charge in [0.1, 0.15) is 13.2 Å². The van der Waals surface area contributed by atoms with E-state index in [1.54, 1.807) is 18.2 Å². The average molecular weight is 843 g/mol. The first-order chi connectivity index (χ1) is 29.2. The zero-order chi connectivity index (χ0) is 44.5. The van der Waals surface area contributed by atoms with Crippen molar-refractivity contribution in [3.63, 3.8) is 0 Å². The number of aliphatic hydroxyl groups is 2. The van der Waals surface area contributed by atoms with Crippen LogP contribution in [0.4, 0.5) is 0 Å². The average Bonchev–Trinajstić information content (AvgIpc) is 3.50. The van der Waals surface area contributed by atoms with Gasteiger partial charge in [0.2, 0.25) is 0 Å². The number of fused-ring (bicyclic) bond motifs is 5. The highest BCUT2D eigenvalue weighted by Crippen LogP contribution is 2.67. The maximum Gasteiger partial charge on any atom is 0.338 e. The Balaban J connectivity index is 1.28. The minimum atomic E-state index is -1.95. The first kappa shape index (κ1) is 48.8. The van der Waals surface area contributed by atoms with Crippen LogP contribution in [0.1, 0.15) is 98.3 Å². The molecule has 0 aromatic heterocycles. The quantitative estimate of drug-likeness (QED) is 0.0498. The number of carbonyl (C=O) groups excluding carboxylic acids is 5. The van der Waals surface area contributed by atoms with Gasteiger partial charge in [0.25, 0.3) is 0 Å². The van der Waals surface area contributed by atoms with E-state index in [0.29, 0.717) is 19.3 Å². The molecular weight excluding hydrogens is 777 g/mol. The van der Waals surface area contributed by atoms with Gasteiger partial charge in [-0.25, -0.2) is 14.4 Å². The Hall–Kier alpha value is -4.87. The highest BCUT2D eigenvalue weighted by Gasteiger charge is 2.69. The Morgan fingerprint density at radius 2 is 1.39 bits per heavy atom. The fourth-order valence-electron chi connectivity index (χ4n) is 9.85. The number of methoxy groups -OCH3 is 1. The Morgan fingerprint density at radius 1 is 0.836 bits per heavy atom. The smallest absolute Gasteiger partial charge is 0.338 e. The summed E-state index contributed by atoms with van der Waals surface area (Å²) in [7, 11) is 1.15. The summed E-state index contributed by atoms with van der Waals surface area (Å²) >= 11 is 0. The van der Waals surface area contributed by atoms with Gasteiger partial charge < -0.3 is 29.2 Å². The number of aliphatic hydroxyl groups excluding tert-OH is 1. The van der Waals surface area contributed by atoms with Crippen LogP contribution in [-0.4, -0.2) is 78.0 Å². The lowest BCUT2D eigenvalue weighted by Crippen LogP contribution is -2.62. The number of rotatable bonds is 21. The molecule has 9 atom stereocenters. The largest absolute Gasteiger partial charge is 0.466 e. The third-order valence-electron chi connectivity index (χ3n) is 12.9. The number of carbonyl (C=O) groups is 5. The van der Waals surface area contributed by atoms with Crippen molar-refractivity contribution in [3.8, 4) is 0 Å². The molecule has 0 heterocycles. The molecule has 4 aliphatic rings. The van der Waals surface area contributed by atoms with Gasteiger partial charge in [-0.15, -0.1) is 0 Å². The molecule has 0 aromatic carbocycles.